The van der Waals surface area contributed by atoms with E-state index in [9.17, 15) is 4.79 Å². The molecule has 0 aliphatic rings. The van der Waals surface area contributed by atoms with E-state index in [2.05, 4.69) is 36.4 Å². The number of nitrogens with zero attached hydrogens (tertiary/aromatic N) is 1. The average Bonchev–Trinajstić information content (AvgIpc) is 3.00. The van der Waals surface area contributed by atoms with Crippen molar-refractivity contribution in [2.45, 2.75) is 32.7 Å². The van der Waals surface area contributed by atoms with Crippen LogP contribution in [0.2, 0.25) is 0 Å². The summed E-state index contributed by atoms with van der Waals surface area (Å²) in [6.45, 7) is 6.81. The normalized spacial score (nSPS) is 11.3. The number of anilines is 1. The highest BCUT2D eigenvalue weighted by Gasteiger charge is 2.19. The molecule has 124 valence electrons. The molecule has 23 heavy (non-hydrogen) atoms. The van der Waals surface area contributed by atoms with Crippen LogP contribution in [0, 0.1) is 0 Å². The molecule has 1 heterocycles. The molecule has 0 atom stereocenters. The lowest BCUT2D eigenvalue weighted by Crippen LogP contribution is -2.26. The van der Waals surface area contributed by atoms with E-state index >= 15 is 0 Å². The standard InChI is InChI=1S/C17H23N3O3/c1-17(2,3)14-10-20-15(23-14)11-19-13-6-4-5-12(9-13)16(22)18-7-8-21/h4-6,9-10,19,21H,7-8,11H2,1-3H3,(H,18,22). The fourth-order valence-electron chi connectivity index (χ4n) is 1.96. The van der Waals surface area contributed by atoms with Gasteiger partial charge in [0.2, 0.25) is 5.89 Å². The molecule has 3 N–H and O–H groups in total. The van der Waals surface area contributed by atoms with Crippen LogP contribution >= 0.6 is 0 Å². The summed E-state index contributed by atoms with van der Waals surface area (Å²) >= 11 is 0. The first kappa shape index (κ1) is 17.0. The predicted octanol–water partition coefficient (Wildman–Crippen LogP) is 2.31. The highest BCUT2D eigenvalue weighted by molar-refractivity contribution is 5.95. The Morgan fingerprint density at radius 3 is 2.78 bits per heavy atom. The Labute approximate surface area is 135 Å². The van der Waals surface area contributed by atoms with Gasteiger partial charge < -0.3 is 20.2 Å². The third-order valence-electron chi connectivity index (χ3n) is 3.26. The largest absolute Gasteiger partial charge is 0.443 e. The second-order valence-electron chi connectivity index (χ2n) is 6.28. The SMILES string of the molecule is CC(C)(C)c1cnc(CNc2cccc(C(=O)NCCO)c2)o1. The maximum atomic E-state index is 11.9. The van der Waals surface area contributed by atoms with Crippen LogP contribution in [-0.4, -0.2) is 29.1 Å². The van der Waals surface area contributed by atoms with Crippen LogP contribution in [0.15, 0.2) is 34.9 Å². The predicted molar refractivity (Wildman–Crippen MR) is 88.4 cm³/mol. The molecule has 0 unspecified atom stereocenters. The molecule has 2 aromatic rings. The summed E-state index contributed by atoms with van der Waals surface area (Å²) in [5.41, 5.74) is 1.26. The number of hydrogen-bond acceptors (Lipinski definition) is 5. The molecule has 0 saturated carbocycles. The van der Waals surface area contributed by atoms with Gasteiger partial charge in [-0.15, -0.1) is 0 Å². The lowest BCUT2D eigenvalue weighted by atomic mass is 9.94. The molecule has 6 heteroatoms. The minimum Gasteiger partial charge on any atom is -0.443 e. The number of nitrogens with one attached hydrogen (secondary N) is 2. The molecule has 0 saturated heterocycles. The Balaban J connectivity index is 1.98. The van der Waals surface area contributed by atoms with Crippen LogP contribution in [0.1, 0.15) is 42.8 Å². The van der Waals surface area contributed by atoms with Gasteiger partial charge in [-0.05, 0) is 18.2 Å². The zero-order valence-corrected chi connectivity index (χ0v) is 13.7. The Hall–Kier alpha value is -2.34. The molecule has 2 rings (SSSR count). The third kappa shape index (κ3) is 4.82. The molecule has 0 bridgehead atoms. The van der Waals surface area contributed by atoms with E-state index in [0.29, 0.717) is 18.0 Å². The van der Waals surface area contributed by atoms with E-state index in [-0.39, 0.29) is 24.5 Å². The maximum absolute atomic E-state index is 11.9. The highest BCUT2D eigenvalue weighted by Crippen LogP contribution is 2.23. The summed E-state index contributed by atoms with van der Waals surface area (Å²) in [6, 6.07) is 7.14. The van der Waals surface area contributed by atoms with E-state index in [1.54, 1.807) is 24.4 Å². The fourth-order valence-corrected chi connectivity index (χ4v) is 1.96. The van der Waals surface area contributed by atoms with E-state index in [0.717, 1.165) is 11.4 Å². The van der Waals surface area contributed by atoms with Gasteiger partial charge in [-0.3, -0.25) is 4.79 Å². The topological polar surface area (TPSA) is 87.4 Å². The lowest BCUT2D eigenvalue weighted by Gasteiger charge is -2.13. The van der Waals surface area contributed by atoms with Crippen LogP contribution in [0.3, 0.4) is 0 Å². The van der Waals surface area contributed by atoms with Crippen LogP contribution < -0.4 is 10.6 Å². The van der Waals surface area contributed by atoms with Crippen LogP contribution in [0.4, 0.5) is 5.69 Å². The third-order valence-corrected chi connectivity index (χ3v) is 3.26. The van der Waals surface area contributed by atoms with Crippen molar-refractivity contribution < 1.29 is 14.3 Å². The van der Waals surface area contributed by atoms with E-state index in [1.807, 2.05) is 6.07 Å². The van der Waals surface area contributed by atoms with E-state index < -0.39 is 0 Å². The number of oxazole rings is 1. The summed E-state index contributed by atoms with van der Waals surface area (Å²) in [7, 11) is 0. The number of aliphatic hydroxyl groups is 1. The number of aromatic nitrogens is 1. The number of aliphatic hydroxyl groups excluding tert-OH is 1. The number of amides is 1. The molecule has 1 aromatic carbocycles. The fraction of sp³-hybridized carbons (Fsp3) is 0.412. The molecular formula is C17H23N3O3. The van der Waals surface area contributed by atoms with E-state index in [4.69, 9.17) is 9.52 Å². The summed E-state index contributed by atoms with van der Waals surface area (Å²) in [5, 5.41) is 14.6. The van der Waals surface area contributed by atoms with E-state index in [1.165, 1.54) is 0 Å². The quantitative estimate of drug-likeness (QED) is 0.761. The zero-order valence-electron chi connectivity index (χ0n) is 13.7. The van der Waals surface area contributed by atoms with Crippen LogP contribution in [0.25, 0.3) is 0 Å². The number of hydrogen-bond donors (Lipinski definition) is 3. The Morgan fingerprint density at radius 1 is 1.35 bits per heavy atom. The maximum Gasteiger partial charge on any atom is 0.251 e. The summed E-state index contributed by atoms with van der Waals surface area (Å²) in [4.78, 5) is 16.1. The minimum atomic E-state index is -0.214. The Morgan fingerprint density at radius 2 is 2.13 bits per heavy atom. The van der Waals surface area contributed by atoms with Crippen molar-refractivity contribution in [1.82, 2.24) is 10.3 Å². The Bertz CT molecular complexity index is 659. The molecule has 0 radical (unpaired) electrons. The van der Waals surface area contributed by atoms with Crippen molar-refractivity contribution in [3.8, 4) is 0 Å². The summed E-state index contributed by atoms with van der Waals surface area (Å²) in [6.07, 6.45) is 1.75. The van der Waals surface area contributed by atoms with Gasteiger partial charge in [0.1, 0.15) is 5.76 Å². The van der Waals surface area contributed by atoms with Gasteiger partial charge in [-0.25, -0.2) is 4.98 Å². The summed E-state index contributed by atoms with van der Waals surface area (Å²) in [5.74, 6) is 1.23. The summed E-state index contributed by atoms with van der Waals surface area (Å²) < 4.78 is 5.72. The monoisotopic (exact) mass is 317 g/mol. The minimum absolute atomic E-state index is 0.0735. The second kappa shape index (κ2) is 7.28. The van der Waals surface area contributed by atoms with Gasteiger partial charge >= 0.3 is 0 Å². The van der Waals surface area contributed by atoms with Crippen molar-refractivity contribution in [2.24, 2.45) is 0 Å². The van der Waals surface area contributed by atoms with Gasteiger partial charge in [0.05, 0.1) is 19.3 Å². The van der Waals surface area contributed by atoms with Crippen LogP contribution in [-0.2, 0) is 12.0 Å². The first-order chi connectivity index (χ1) is 10.9. The number of carbonyl (C=O) groups excluding carboxylic acids is 1. The lowest BCUT2D eigenvalue weighted by molar-refractivity contribution is 0.0945. The van der Waals surface area contributed by atoms with Crippen molar-refractivity contribution in [3.63, 3.8) is 0 Å². The first-order valence-corrected chi connectivity index (χ1v) is 7.58. The van der Waals surface area contributed by atoms with Crippen molar-refractivity contribution >= 4 is 11.6 Å². The molecule has 0 fully saturated rings. The number of carbonyl (C=O) groups is 1. The number of benzene rings is 1. The van der Waals surface area contributed by atoms with Crippen molar-refractivity contribution in [3.05, 3.63) is 47.7 Å². The number of rotatable bonds is 6. The van der Waals surface area contributed by atoms with Gasteiger partial charge in [-0.2, -0.15) is 0 Å². The molecule has 0 aliphatic heterocycles. The van der Waals surface area contributed by atoms with Gasteiger partial charge in [0.15, 0.2) is 0 Å². The second-order valence-corrected chi connectivity index (χ2v) is 6.28. The smallest absolute Gasteiger partial charge is 0.251 e. The van der Waals surface area contributed by atoms with Gasteiger partial charge in [0, 0.05) is 23.2 Å². The molecule has 0 spiro atoms. The van der Waals surface area contributed by atoms with Crippen molar-refractivity contribution in [2.75, 3.05) is 18.5 Å². The Kier molecular flexibility index (Phi) is 5.39. The molecule has 6 nitrogen and oxygen atoms in total. The van der Waals surface area contributed by atoms with Gasteiger partial charge in [0.25, 0.3) is 5.91 Å². The molecule has 0 aliphatic carbocycles. The molecule has 1 amide bonds. The zero-order chi connectivity index (χ0) is 16.9. The first-order valence-electron chi connectivity index (χ1n) is 7.58. The van der Waals surface area contributed by atoms with Crippen molar-refractivity contribution in [1.29, 1.82) is 0 Å². The molecular weight excluding hydrogens is 294 g/mol. The highest BCUT2D eigenvalue weighted by atomic mass is 16.4. The molecule has 1 aromatic heterocycles. The average molecular weight is 317 g/mol. The van der Waals surface area contributed by atoms with Crippen LogP contribution in [0.5, 0.6) is 0 Å². The van der Waals surface area contributed by atoms with Gasteiger partial charge in [-0.1, -0.05) is 26.8 Å².